The van der Waals surface area contributed by atoms with Gasteiger partial charge in [-0.15, -0.1) is 0 Å². The first-order valence-corrected chi connectivity index (χ1v) is 12.8. The number of pyridine rings is 1. The van der Waals surface area contributed by atoms with Crippen LogP contribution >= 0.6 is 0 Å². The minimum Gasteiger partial charge on any atom is -0.390 e. The lowest BCUT2D eigenvalue weighted by Gasteiger charge is -2.56. The van der Waals surface area contributed by atoms with Crippen molar-refractivity contribution in [3.05, 3.63) is 65.5 Å². The summed E-state index contributed by atoms with van der Waals surface area (Å²) in [5.74, 6) is 1.07. The third-order valence-electron chi connectivity index (χ3n) is 11.1. The number of allylic oxidation sites excluding steroid dienone is 1. The third-order valence-corrected chi connectivity index (χ3v) is 11.1. The van der Waals surface area contributed by atoms with Gasteiger partial charge in [0, 0.05) is 29.6 Å². The molecule has 5 heteroatoms. The smallest absolute Gasteiger partial charge is 0.110 e. The van der Waals surface area contributed by atoms with Crippen molar-refractivity contribution in [3.63, 3.8) is 0 Å². The van der Waals surface area contributed by atoms with Gasteiger partial charge in [0.1, 0.15) is 12.2 Å². The van der Waals surface area contributed by atoms with Gasteiger partial charge in [-0.2, -0.15) is 0 Å². The molecule has 0 radical (unpaired) electrons. The number of benzene rings is 1. The van der Waals surface area contributed by atoms with E-state index in [9.17, 15) is 15.3 Å². The molecular formula is C29H31NO4. The number of aliphatic hydroxyl groups excluding tert-OH is 3. The van der Waals surface area contributed by atoms with Gasteiger partial charge in [-0.1, -0.05) is 31.2 Å². The van der Waals surface area contributed by atoms with E-state index >= 15 is 0 Å². The van der Waals surface area contributed by atoms with E-state index in [0.29, 0.717) is 18.3 Å². The minimum atomic E-state index is -1.15. The summed E-state index contributed by atoms with van der Waals surface area (Å²) in [7, 11) is 0. The quantitative estimate of drug-likeness (QED) is 0.610. The van der Waals surface area contributed by atoms with Crippen LogP contribution in [-0.2, 0) is 10.2 Å². The zero-order chi connectivity index (χ0) is 23.1. The SMILES string of the molecule is C[C@]12CC=C3C=C4[C@H](O)[C@H](O)[C@@H](O)C[C@]45CCC3(O5)[C@@H]1C[C@H]1C[C@]12c1ccc2ccncc2c1. The van der Waals surface area contributed by atoms with Gasteiger partial charge in [0.25, 0.3) is 0 Å². The molecule has 5 nitrogen and oxygen atoms in total. The largest absolute Gasteiger partial charge is 0.390 e. The average molecular weight is 458 g/mol. The lowest BCUT2D eigenvalue weighted by Crippen LogP contribution is -2.60. The summed E-state index contributed by atoms with van der Waals surface area (Å²) in [4.78, 5) is 4.36. The van der Waals surface area contributed by atoms with Crippen LogP contribution in [0.5, 0.6) is 0 Å². The summed E-state index contributed by atoms with van der Waals surface area (Å²) in [6.07, 6.45) is 10.6. The molecule has 1 aromatic carbocycles. The fourth-order valence-electron chi connectivity index (χ4n) is 9.38. The Labute approximate surface area is 199 Å². The summed E-state index contributed by atoms with van der Waals surface area (Å²) in [5, 5.41) is 34.1. The Hall–Kier alpha value is -2.05. The fraction of sp³-hybridized carbons (Fsp3) is 0.552. The van der Waals surface area contributed by atoms with E-state index in [1.807, 2.05) is 12.4 Å². The maximum Gasteiger partial charge on any atom is 0.110 e. The molecule has 1 aromatic heterocycles. The van der Waals surface area contributed by atoms with Crippen molar-refractivity contribution in [1.29, 1.82) is 0 Å². The highest BCUT2D eigenvalue weighted by Crippen LogP contribution is 2.80. The molecule has 1 saturated heterocycles. The topological polar surface area (TPSA) is 82.8 Å². The maximum atomic E-state index is 10.8. The first kappa shape index (κ1) is 20.2. The standard InChI is InChI=1S/C29H31NO4/c1-26-6-4-19-11-21-24(32)25(33)22(31)14-27(21)7-8-29(19,34-27)23(26)12-20-13-28(20,26)18-3-2-16-5-9-30-15-17(16)10-18/h2-5,9-11,15,20,22-25,31-33H,6-8,12-14H2,1H3/t20-,22-,23+,24-,25+,26-,27+,28-,29?/m0/s1. The molecule has 4 aliphatic carbocycles. The molecule has 2 bridgehead atoms. The molecule has 4 fully saturated rings. The van der Waals surface area contributed by atoms with Crippen LogP contribution in [0.3, 0.4) is 0 Å². The summed E-state index contributed by atoms with van der Waals surface area (Å²) < 4.78 is 7.09. The molecule has 34 heavy (non-hydrogen) atoms. The maximum absolute atomic E-state index is 10.8. The first-order chi connectivity index (χ1) is 16.3. The van der Waals surface area contributed by atoms with Crippen LogP contribution in [0.1, 0.15) is 51.0 Å². The van der Waals surface area contributed by atoms with E-state index in [2.05, 4.69) is 48.3 Å². The Morgan fingerprint density at radius 2 is 1.94 bits per heavy atom. The highest BCUT2D eigenvalue weighted by molar-refractivity contribution is 5.82. The number of rotatable bonds is 1. The molecule has 2 spiro atoms. The van der Waals surface area contributed by atoms with E-state index in [-0.39, 0.29) is 16.4 Å². The lowest BCUT2D eigenvalue weighted by atomic mass is 9.55. The van der Waals surface area contributed by atoms with E-state index in [0.717, 1.165) is 31.3 Å². The fourth-order valence-corrected chi connectivity index (χ4v) is 9.38. The van der Waals surface area contributed by atoms with E-state index < -0.39 is 23.9 Å². The average Bonchev–Trinajstić information content (AvgIpc) is 3.42. The van der Waals surface area contributed by atoms with Crippen LogP contribution in [0.25, 0.3) is 10.8 Å². The Morgan fingerprint density at radius 1 is 1.06 bits per heavy atom. The Kier molecular flexibility index (Phi) is 3.57. The number of hydrogen-bond acceptors (Lipinski definition) is 5. The summed E-state index contributed by atoms with van der Waals surface area (Å²) in [6.45, 7) is 2.49. The van der Waals surface area contributed by atoms with Crippen molar-refractivity contribution in [1.82, 2.24) is 4.98 Å². The van der Waals surface area contributed by atoms with Gasteiger partial charge in [-0.25, -0.2) is 0 Å². The molecule has 0 amide bonds. The van der Waals surface area contributed by atoms with E-state index in [1.54, 1.807) is 0 Å². The number of ether oxygens (including phenoxy) is 1. The molecule has 3 saturated carbocycles. The van der Waals surface area contributed by atoms with Crippen LogP contribution in [0.4, 0.5) is 0 Å². The molecular weight excluding hydrogens is 426 g/mol. The Balaban J connectivity index is 1.25. The first-order valence-electron chi connectivity index (χ1n) is 12.8. The predicted molar refractivity (Wildman–Crippen MR) is 127 cm³/mol. The highest BCUT2D eigenvalue weighted by Gasteiger charge is 2.78. The molecule has 3 heterocycles. The Morgan fingerprint density at radius 3 is 2.82 bits per heavy atom. The number of fused-ring (bicyclic) bond motifs is 4. The molecule has 2 aromatic rings. The highest BCUT2D eigenvalue weighted by atomic mass is 16.5. The molecule has 8 rings (SSSR count). The summed E-state index contributed by atoms with van der Waals surface area (Å²) in [5.41, 5.74) is 2.68. The summed E-state index contributed by atoms with van der Waals surface area (Å²) >= 11 is 0. The summed E-state index contributed by atoms with van der Waals surface area (Å²) in [6, 6.07) is 9.05. The second kappa shape index (κ2) is 6.01. The number of nitrogens with zero attached hydrogens (tertiary/aromatic N) is 1. The van der Waals surface area contributed by atoms with Gasteiger partial charge in [-0.05, 0) is 83.6 Å². The molecule has 3 N–H and O–H groups in total. The Bertz CT molecular complexity index is 1320. The van der Waals surface area contributed by atoms with Gasteiger partial charge >= 0.3 is 0 Å². The van der Waals surface area contributed by atoms with Gasteiger partial charge in [0.05, 0.1) is 17.3 Å². The van der Waals surface area contributed by atoms with Crippen LogP contribution in [0, 0.1) is 17.3 Å². The van der Waals surface area contributed by atoms with Crippen molar-refractivity contribution >= 4 is 10.8 Å². The van der Waals surface area contributed by atoms with Crippen LogP contribution in [-0.4, -0.2) is 49.8 Å². The van der Waals surface area contributed by atoms with Crippen LogP contribution in [0.2, 0.25) is 0 Å². The van der Waals surface area contributed by atoms with E-state index in [1.165, 1.54) is 28.3 Å². The van der Waals surface area contributed by atoms with Crippen LogP contribution < -0.4 is 0 Å². The monoisotopic (exact) mass is 457 g/mol. The molecule has 2 aliphatic heterocycles. The van der Waals surface area contributed by atoms with E-state index in [4.69, 9.17) is 4.74 Å². The minimum absolute atomic E-state index is 0.0966. The van der Waals surface area contributed by atoms with Crippen LogP contribution in [0.15, 0.2) is 60.0 Å². The van der Waals surface area contributed by atoms with Crippen molar-refractivity contribution in [2.45, 2.75) is 80.4 Å². The number of aromatic nitrogens is 1. The van der Waals surface area contributed by atoms with Crippen molar-refractivity contribution in [2.24, 2.45) is 17.3 Å². The third kappa shape index (κ3) is 2.08. The molecule has 6 aliphatic rings. The van der Waals surface area contributed by atoms with Gasteiger partial charge in [0.2, 0.25) is 0 Å². The van der Waals surface area contributed by atoms with Gasteiger partial charge < -0.3 is 20.1 Å². The predicted octanol–water partition coefficient (Wildman–Crippen LogP) is 3.56. The number of hydrogen-bond donors (Lipinski definition) is 3. The van der Waals surface area contributed by atoms with Crippen molar-refractivity contribution < 1.29 is 20.1 Å². The molecule has 176 valence electrons. The number of aliphatic hydroxyl groups is 3. The zero-order valence-corrected chi connectivity index (χ0v) is 19.4. The zero-order valence-electron chi connectivity index (χ0n) is 19.4. The second-order valence-electron chi connectivity index (χ2n) is 12.2. The molecule has 1 unspecified atom stereocenters. The van der Waals surface area contributed by atoms with Crippen molar-refractivity contribution in [3.8, 4) is 0 Å². The van der Waals surface area contributed by atoms with Crippen molar-refractivity contribution in [2.75, 3.05) is 0 Å². The second-order valence-corrected chi connectivity index (χ2v) is 12.2. The van der Waals surface area contributed by atoms with Gasteiger partial charge in [0.15, 0.2) is 0 Å². The normalized spacial score (nSPS) is 50.1. The molecule has 9 atom stereocenters. The lowest BCUT2D eigenvalue weighted by molar-refractivity contribution is -0.178. The van der Waals surface area contributed by atoms with Gasteiger partial charge in [-0.3, -0.25) is 4.98 Å².